The van der Waals surface area contributed by atoms with Gasteiger partial charge in [0.15, 0.2) is 0 Å². The topological polar surface area (TPSA) is 43.4 Å². The van der Waals surface area contributed by atoms with E-state index in [0.29, 0.717) is 5.88 Å². The lowest BCUT2D eigenvalue weighted by Crippen LogP contribution is -2.00. The van der Waals surface area contributed by atoms with Crippen LogP contribution in [0.1, 0.15) is 5.56 Å². The minimum atomic E-state index is 0.613. The van der Waals surface area contributed by atoms with Crippen molar-refractivity contribution < 1.29 is 9.47 Å². The van der Waals surface area contributed by atoms with Crippen molar-refractivity contribution in [3.8, 4) is 11.6 Å². The molecule has 0 radical (unpaired) electrons. The van der Waals surface area contributed by atoms with E-state index in [2.05, 4.69) is 10.3 Å². The molecule has 2 aromatic rings. The number of methoxy groups -OCH3 is 2. The SMILES string of the molecule is COc1cccc(CNc2ccc(OC)nc2)c1. The minimum Gasteiger partial charge on any atom is -0.497 e. The number of nitrogens with zero attached hydrogens (tertiary/aromatic N) is 1. The first-order valence-electron chi connectivity index (χ1n) is 5.68. The van der Waals surface area contributed by atoms with Gasteiger partial charge in [-0.2, -0.15) is 0 Å². The van der Waals surface area contributed by atoms with Crippen molar-refractivity contribution >= 4 is 5.69 Å². The number of benzene rings is 1. The van der Waals surface area contributed by atoms with Gasteiger partial charge in [0.05, 0.1) is 26.1 Å². The summed E-state index contributed by atoms with van der Waals surface area (Å²) in [6.45, 7) is 0.727. The largest absolute Gasteiger partial charge is 0.497 e. The van der Waals surface area contributed by atoms with Crippen molar-refractivity contribution in [2.75, 3.05) is 19.5 Å². The number of aromatic nitrogens is 1. The second kappa shape index (κ2) is 5.91. The molecule has 1 aromatic heterocycles. The van der Waals surface area contributed by atoms with Crippen LogP contribution in [0.15, 0.2) is 42.6 Å². The van der Waals surface area contributed by atoms with Crippen molar-refractivity contribution in [3.63, 3.8) is 0 Å². The molecule has 4 nitrogen and oxygen atoms in total. The number of ether oxygens (including phenoxy) is 2. The van der Waals surface area contributed by atoms with Crippen LogP contribution in [-0.2, 0) is 6.54 Å². The van der Waals surface area contributed by atoms with Crippen molar-refractivity contribution in [3.05, 3.63) is 48.2 Å². The Labute approximate surface area is 107 Å². The van der Waals surface area contributed by atoms with Crippen LogP contribution < -0.4 is 14.8 Å². The summed E-state index contributed by atoms with van der Waals surface area (Å²) in [4.78, 5) is 4.13. The van der Waals surface area contributed by atoms with Crippen LogP contribution in [0.3, 0.4) is 0 Å². The lowest BCUT2D eigenvalue weighted by atomic mass is 10.2. The number of nitrogens with one attached hydrogen (secondary N) is 1. The maximum Gasteiger partial charge on any atom is 0.213 e. The van der Waals surface area contributed by atoms with E-state index in [1.165, 1.54) is 0 Å². The summed E-state index contributed by atoms with van der Waals surface area (Å²) < 4.78 is 10.2. The summed E-state index contributed by atoms with van der Waals surface area (Å²) in [6, 6.07) is 11.7. The fourth-order valence-electron chi connectivity index (χ4n) is 1.59. The van der Waals surface area contributed by atoms with Crippen LogP contribution in [-0.4, -0.2) is 19.2 Å². The zero-order chi connectivity index (χ0) is 12.8. The van der Waals surface area contributed by atoms with E-state index in [-0.39, 0.29) is 0 Å². The summed E-state index contributed by atoms with van der Waals surface area (Å²) in [6.07, 6.45) is 1.75. The molecular formula is C14H16N2O2. The Morgan fingerprint density at radius 3 is 2.67 bits per heavy atom. The first-order valence-corrected chi connectivity index (χ1v) is 5.68. The molecule has 94 valence electrons. The molecule has 0 bridgehead atoms. The minimum absolute atomic E-state index is 0.613. The van der Waals surface area contributed by atoms with E-state index in [0.717, 1.165) is 23.5 Å². The van der Waals surface area contributed by atoms with E-state index in [9.17, 15) is 0 Å². The zero-order valence-electron chi connectivity index (χ0n) is 10.5. The molecule has 0 fully saturated rings. The highest BCUT2D eigenvalue weighted by Gasteiger charge is 1.97. The molecule has 0 aliphatic heterocycles. The highest BCUT2D eigenvalue weighted by molar-refractivity contribution is 5.43. The van der Waals surface area contributed by atoms with Gasteiger partial charge in [-0.15, -0.1) is 0 Å². The van der Waals surface area contributed by atoms with Crippen LogP contribution in [0, 0.1) is 0 Å². The standard InChI is InChI=1S/C14H16N2O2/c1-17-13-5-3-4-11(8-13)9-15-12-6-7-14(18-2)16-10-12/h3-8,10,15H,9H2,1-2H3. The maximum absolute atomic E-state index is 5.18. The Balaban J connectivity index is 1.97. The first-order chi connectivity index (χ1) is 8.81. The monoisotopic (exact) mass is 244 g/mol. The summed E-state index contributed by atoms with van der Waals surface area (Å²) in [7, 11) is 3.27. The summed E-state index contributed by atoms with van der Waals surface area (Å²) in [5, 5.41) is 3.29. The maximum atomic E-state index is 5.18. The Kier molecular flexibility index (Phi) is 4.02. The molecule has 0 unspecified atom stereocenters. The van der Waals surface area contributed by atoms with Gasteiger partial charge in [-0.05, 0) is 23.8 Å². The molecule has 0 atom stereocenters. The van der Waals surface area contributed by atoms with Crippen molar-refractivity contribution in [2.45, 2.75) is 6.54 Å². The third-order valence-corrected chi connectivity index (χ3v) is 2.58. The molecule has 2 rings (SSSR count). The summed E-state index contributed by atoms with van der Waals surface area (Å²) in [5.74, 6) is 1.48. The fourth-order valence-corrected chi connectivity index (χ4v) is 1.59. The molecular weight excluding hydrogens is 228 g/mol. The van der Waals surface area contributed by atoms with Gasteiger partial charge < -0.3 is 14.8 Å². The van der Waals surface area contributed by atoms with Gasteiger partial charge in [0.2, 0.25) is 5.88 Å². The highest BCUT2D eigenvalue weighted by Crippen LogP contribution is 2.15. The molecule has 4 heteroatoms. The second-order valence-corrected chi connectivity index (χ2v) is 3.79. The zero-order valence-corrected chi connectivity index (χ0v) is 10.5. The average molecular weight is 244 g/mol. The van der Waals surface area contributed by atoms with Gasteiger partial charge in [-0.25, -0.2) is 4.98 Å². The Hall–Kier alpha value is -2.23. The Morgan fingerprint density at radius 2 is 2.00 bits per heavy atom. The van der Waals surface area contributed by atoms with Gasteiger partial charge in [0.1, 0.15) is 5.75 Å². The number of hydrogen-bond acceptors (Lipinski definition) is 4. The van der Waals surface area contributed by atoms with Crippen LogP contribution in [0.25, 0.3) is 0 Å². The third-order valence-electron chi connectivity index (χ3n) is 2.58. The van der Waals surface area contributed by atoms with Gasteiger partial charge in [0.25, 0.3) is 0 Å². The molecule has 0 aliphatic rings. The molecule has 1 heterocycles. The third kappa shape index (κ3) is 3.13. The van der Waals surface area contributed by atoms with E-state index < -0.39 is 0 Å². The van der Waals surface area contributed by atoms with Crippen molar-refractivity contribution in [2.24, 2.45) is 0 Å². The lowest BCUT2D eigenvalue weighted by Gasteiger charge is -2.08. The molecule has 0 saturated carbocycles. The van der Waals surface area contributed by atoms with Gasteiger partial charge in [-0.1, -0.05) is 12.1 Å². The van der Waals surface area contributed by atoms with E-state index in [1.54, 1.807) is 20.4 Å². The molecule has 0 aliphatic carbocycles. The normalized spacial score (nSPS) is 9.89. The average Bonchev–Trinajstić information content (AvgIpc) is 2.46. The summed E-state index contributed by atoms with van der Waals surface area (Å²) in [5.41, 5.74) is 2.11. The number of pyridine rings is 1. The van der Waals surface area contributed by atoms with E-state index in [1.807, 2.05) is 36.4 Å². The smallest absolute Gasteiger partial charge is 0.213 e. The molecule has 1 aromatic carbocycles. The number of anilines is 1. The highest BCUT2D eigenvalue weighted by atomic mass is 16.5. The second-order valence-electron chi connectivity index (χ2n) is 3.79. The predicted octanol–water partition coefficient (Wildman–Crippen LogP) is 2.71. The van der Waals surface area contributed by atoms with Crippen molar-refractivity contribution in [1.29, 1.82) is 0 Å². The van der Waals surface area contributed by atoms with Gasteiger partial charge >= 0.3 is 0 Å². The quantitative estimate of drug-likeness (QED) is 0.878. The number of hydrogen-bond donors (Lipinski definition) is 1. The van der Waals surface area contributed by atoms with Crippen LogP contribution in [0.4, 0.5) is 5.69 Å². The Morgan fingerprint density at radius 1 is 1.11 bits per heavy atom. The molecule has 18 heavy (non-hydrogen) atoms. The van der Waals surface area contributed by atoms with Crippen LogP contribution in [0.5, 0.6) is 11.6 Å². The van der Waals surface area contributed by atoms with Crippen molar-refractivity contribution in [1.82, 2.24) is 4.98 Å². The molecule has 0 amide bonds. The predicted molar refractivity (Wildman–Crippen MR) is 71.1 cm³/mol. The van der Waals surface area contributed by atoms with Gasteiger partial charge in [-0.3, -0.25) is 0 Å². The number of rotatable bonds is 5. The van der Waals surface area contributed by atoms with E-state index in [4.69, 9.17) is 9.47 Å². The molecule has 0 spiro atoms. The summed E-state index contributed by atoms with van der Waals surface area (Å²) >= 11 is 0. The fraction of sp³-hybridized carbons (Fsp3) is 0.214. The van der Waals surface area contributed by atoms with E-state index >= 15 is 0 Å². The lowest BCUT2D eigenvalue weighted by molar-refractivity contribution is 0.398. The Bertz CT molecular complexity index is 497. The molecule has 1 N–H and O–H groups in total. The van der Waals surface area contributed by atoms with Crippen LogP contribution in [0.2, 0.25) is 0 Å². The molecule has 0 saturated heterocycles. The van der Waals surface area contributed by atoms with Crippen LogP contribution >= 0.6 is 0 Å². The first kappa shape index (κ1) is 12.2. The van der Waals surface area contributed by atoms with Gasteiger partial charge in [0, 0.05) is 12.6 Å².